The molecular weight excluding hydrogens is 335 g/mol. The average molecular weight is 349 g/mol. The van der Waals surface area contributed by atoms with Crippen molar-refractivity contribution in [1.82, 2.24) is 9.99 Å². The fraction of sp³-hybridized carbons (Fsp3) is 0.188. The van der Waals surface area contributed by atoms with Crippen LogP contribution in [0.1, 0.15) is 23.4 Å². The molecule has 118 valence electrons. The Morgan fingerprint density at radius 2 is 1.96 bits per heavy atom. The van der Waals surface area contributed by atoms with Crippen LogP contribution < -0.4 is 5.43 Å². The summed E-state index contributed by atoms with van der Waals surface area (Å²) in [4.78, 5) is 11.2. The zero-order valence-corrected chi connectivity index (χ0v) is 14.1. The van der Waals surface area contributed by atoms with Gasteiger partial charge in [0, 0.05) is 32.7 Å². The molecule has 1 N–H and O–H groups in total. The lowest BCUT2D eigenvalue weighted by molar-refractivity contribution is -0.120. The average Bonchev–Trinajstić information content (AvgIpc) is 2.72. The first kappa shape index (κ1) is 17.1. The van der Waals surface area contributed by atoms with Crippen LogP contribution >= 0.6 is 23.2 Å². The molecular formula is C16H14Cl2N4O. The number of hydrogen-bond acceptors (Lipinski definition) is 3. The summed E-state index contributed by atoms with van der Waals surface area (Å²) in [6, 6.07) is 9.01. The van der Waals surface area contributed by atoms with E-state index in [1.54, 1.807) is 18.4 Å². The molecule has 7 heteroatoms. The fourth-order valence-electron chi connectivity index (χ4n) is 2.27. The third kappa shape index (κ3) is 4.13. The number of rotatable bonds is 4. The quantitative estimate of drug-likeness (QED) is 0.674. The number of nitriles is 1. The topological polar surface area (TPSA) is 70.2 Å². The van der Waals surface area contributed by atoms with Gasteiger partial charge in [0.1, 0.15) is 6.42 Å². The van der Waals surface area contributed by atoms with Crippen molar-refractivity contribution >= 4 is 35.3 Å². The molecule has 0 aliphatic heterocycles. The van der Waals surface area contributed by atoms with E-state index in [2.05, 4.69) is 10.5 Å². The van der Waals surface area contributed by atoms with Gasteiger partial charge in [-0.1, -0.05) is 23.2 Å². The van der Waals surface area contributed by atoms with E-state index < -0.39 is 5.91 Å². The summed E-state index contributed by atoms with van der Waals surface area (Å²) in [6.45, 7) is 3.88. The van der Waals surface area contributed by atoms with E-state index in [0.29, 0.717) is 10.0 Å². The Kier molecular flexibility index (Phi) is 5.43. The number of hydrogen-bond donors (Lipinski definition) is 1. The fourth-order valence-corrected chi connectivity index (χ4v) is 2.78. The Hall–Kier alpha value is -2.29. The SMILES string of the molecule is Cc1cc(C=NNC(=O)CC#N)c(C)n1-c1cc(Cl)cc(Cl)c1. The van der Waals surface area contributed by atoms with Crippen LogP contribution in [0.5, 0.6) is 0 Å². The highest BCUT2D eigenvalue weighted by Crippen LogP contribution is 2.25. The zero-order valence-electron chi connectivity index (χ0n) is 12.6. The third-order valence-corrected chi connectivity index (χ3v) is 3.64. The summed E-state index contributed by atoms with van der Waals surface area (Å²) < 4.78 is 2.00. The van der Waals surface area contributed by atoms with Crippen LogP contribution in [0.2, 0.25) is 10.0 Å². The summed E-state index contributed by atoms with van der Waals surface area (Å²) in [5.41, 5.74) is 5.91. The van der Waals surface area contributed by atoms with E-state index in [-0.39, 0.29) is 6.42 Å². The molecule has 23 heavy (non-hydrogen) atoms. The first-order chi connectivity index (χ1) is 10.9. The Morgan fingerprint density at radius 1 is 1.30 bits per heavy atom. The second-order valence-electron chi connectivity index (χ2n) is 4.92. The van der Waals surface area contributed by atoms with Crippen LogP contribution in [0.4, 0.5) is 0 Å². The maximum atomic E-state index is 11.2. The number of benzene rings is 1. The van der Waals surface area contributed by atoms with Crippen LogP contribution in [0.25, 0.3) is 5.69 Å². The number of halogens is 2. The number of amides is 1. The van der Waals surface area contributed by atoms with E-state index in [1.165, 1.54) is 0 Å². The molecule has 1 amide bonds. The maximum absolute atomic E-state index is 11.2. The molecule has 0 saturated carbocycles. The van der Waals surface area contributed by atoms with Crippen LogP contribution in [0.3, 0.4) is 0 Å². The highest BCUT2D eigenvalue weighted by Gasteiger charge is 2.10. The van der Waals surface area contributed by atoms with Gasteiger partial charge in [0.25, 0.3) is 5.91 Å². The lowest BCUT2D eigenvalue weighted by Gasteiger charge is -2.10. The van der Waals surface area contributed by atoms with Crippen LogP contribution in [-0.4, -0.2) is 16.7 Å². The molecule has 0 unspecified atom stereocenters. The minimum atomic E-state index is -0.445. The van der Waals surface area contributed by atoms with Crippen LogP contribution in [0, 0.1) is 25.2 Å². The number of hydrazone groups is 1. The zero-order chi connectivity index (χ0) is 17.0. The molecule has 0 bridgehead atoms. The lowest BCUT2D eigenvalue weighted by atomic mass is 10.2. The minimum Gasteiger partial charge on any atom is -0.318 e. The number of carbonyl (C=O) groups is 1. The van der Waals surface area contributed by atoms with E-state index in [4.69, 9.17) is 28.5 Å². The summed E-state index contributed by atoms with van der Waals surface area (Å²) in [5.74, 6) is -0.445. The Morgan fingerprint density at radius 3 is 2.57 bits per heavy atom. The molecule has 1 aromatic carbocycles. The van der Waals surface area contributed by atoms with Crippen molar-refractivity contribution < 1.29 is 4.79 Å². The molecule has 0 radical (unpaired) electrons. The number of carbonyl (C=O) groups excluding carboxylic acids is 1. The molecule has 0 spiro atoms. The summed E-state index contributed by atoms with van der Waals surface area (Å²) >= 11 is 12.1. The number of aryl methyl sites for hydroxylation is 1. The van der Waals surface area contributed by atoms with Gasteiger partial charge in [0.05, 0.1) is 12.3 Å². The molecule has 5 nitrogen and oxygen atoms in total. The monoisotopic (exact) mass is 348 g/mol. The second-order valence-corrected chi connectivity index (χ2v) is 5.79. The van der Waals surface area contributed by atoms with E-state index >= 15 is 0 Å². The summed E-state index contributed by atoms with van der Waals surface area (Å²) in [6.07, 6.45) is 1.32. The smallest absolute Gasteiger partial charge is 0.254 e. The van der Waals surface area contributed by atoms with Gasteiger partial charge < -0.3 is 4.57 Å². The van der Waals surface area contributed by atoms with Gasteiger partial charge in [0.2, 0.25) is 0 Å². The summed E-state index contributed by atoms with van der Waals surface area (Å²) in [7, 11) is 0. The predicted molar refractivity (Wildman–Crippen MR) is 91.2 cm³/mol. The number of nitrogens with zero attached hydrogens (tertiary/aromatic N) is 3. The van der Waals surface area contributed by atoms with Gasteiger partial charge in [-0.3, -0.25) is 4.79 Å². The molecule has 2 aromatic rings. The van der Waals surface area contributed by atoms with Crippen molar-refractivity contribution in [2.24, 2.45) is 5.10 Å². The van der Waals surface area contributed by atoms with Crippen LogP contribution in [-0.2, 0) is 4.79 Å². The van der Waals surface area contributed by atoms with Gasteiger partial charge in [0.15, 0.2) is 0 Å². The maximum Gasteiger partial charge on any atom is 0.254 e. The third-order valence-electron chi connectivity index (χ3n) is 3.21. The van der Waals surface area contributed by atoms with Crippen molar-refractivity contribution in [3.63, 3.8) is 0 Å². The number of aromatic nitrogens is 1. The van der Waals surface area contributed by atoms with Gasteiger partial charge in [-0.25, -0.2) is 5.43 Å². The molecule has 0 atom stereocenters. The Balaban J connectivity index is 2.31. The van der Waals surface area contributed by atoms with Crippen molar-refractivity contribution in [1.29, 1.82) is 5.26 Å². The normalized spacial score (nSPS) is 10.7. The predicted octanol–water partition coefficient (Wildman–Crippen LogP) is 3.76. The van der Waals surface area contributed by atoms with Crippen molar-refractivity contribution in [3.05, 3.63) is 51.3 Å². The summed E-state index contributed by atoms with van der Waals surface area (Å²) in [5, 5.41) is 13.4. The second kappa shape index (κ2) is 7.32. The van der Waals surface area contributed by atoms with Gasteiger partial charge in [-0.2, -0.15) is 10.4 Å². The van der Waals surface area contributed by atoms with Crippen molar-refractivity contribution in [3.8, 4) is 11.8 Å². The van der Waals surface area contributed by atoms with E-state index in [1.807, 2.05) is 36.6 Å². The van der Waals surface area contributed by atoms with E-state index in [9.17, 15) is 4.79 Å². The highest BCUT2D eigenvalue weighted by molar-refractivity contribution is 6.34. The first-order valence-corrected chi connectivity index (χ1v) is 7.52. The molecule has 0 aliphatic carbocycles. The van der Waals surface area contributed by atoms with E-state index in [0.717, 1.165) is 22.6 Å². The molecule has 0 saturated heterocycles. The molecule has 0 aliphatic rings. The standard InChI is InChI=1S/C16H14Cl2N4O/c1-10-5-12(9-20-21-16(23)3-4-19)11(2)22(10)15-7-13(17)6-14(18)8-15/h5-9H,3H2,1-2H3,(H,21,23). The van der Waals surface area contributed by atoms with Crippen molar-refractivity contribution in [2.45, 2.75) is 20.3 Å². The largest absolute Gasteiger partial charge is 0.318 e. The molecule has 2 rings (SSSR count). The highest BCUT2D eigenvalue weighted by atomic mass is 35.5. The lowest BCUT2D eigenvalue weighted by Crippen LogP contribution is -2.16. The number of nitrogens with one attached hydrogen (secondary N) is 1. The van der Waals surface area contributed by atoms with Gasteiger partial charge >= 0.3 is 0 Å². The molecule has 1 heterocycles. The Labute approximate surface area is 144 Å². The van der Waals surface area contributed by atoms with Crippen molar-refractivity contribution in [2.75, 3.05) is 0 Å². The van der Waals surface area contributed by atoms with Gasteiger partial charge in [-0.15, -0.1) is 0 Å². The molecule has 0 fully saturated rings. The first-order valence-electron chi connectivity index (χ1n) is 6.76. The Bertz CT molecular complexity index is 798. The van der Waals surface area contributed by atoms with Gasteiger partial charge in [-0.05, 0) is 38.1 Å². The van der Waals surface area contributed by atoms with Crippen LogP contribution in [0.15, 0.2) is 29.4 Å². The minimum absolute atomic E-state index is 0.225. The molecule has 1 aromatic heterocycles.